The Hall–Kier alpha value is -1.04. The van der Waals surface area contributed by atoms with Crippen molar-refractivity contribution in [2.75, 3.05) is 29.5 Å². The molecule has 0 unspecified atom stereocenters. The lowest BCUT2D eigenvalue weighted by atomic mass is 10.2. The molecule has 2 N–H and O–H groups in total. The molecule has 1 saturated heterocycles. The summed E-state index contributed by atoms with van der Waals surface area (Å²) in [5.74, 6) is 2.15. The molecule has 106 valence electrons. The van der Waals surface area contributed by atoms with Crippen molar-refractivity contribution in [1.29, 1.82) is 0 Å². The van der Waals surface area contributed by atoms with Crippen LogP contribution in [0.4, 0.5) is 11.9 Å². The zero-order chi connectivity index (χ0) is 13.5. The summed E-state index contributed by atoms with van der Waals surface area (Å²) in [4.78, 5) is 15.2. The zero-order valence-electron chi connectivity index (χ0n) is 11.6. The standard InChI is InChI=1S/C13H23N5S/c1-2-3-4-7-10-19-13-16-11(14)15-12(17-13)18-8-5-6-9-18/h2-10H2,1H3,(H2,14,15,16,17). The summed E-state index contributed by atoms with van der Waals surface area (Å²) in [6.45, 7) is 4.29. The molecule has 1 aliphatic heterocycles. The van der Waals surface area contributed by atoms with Gasteiger partial charge in [-0.3, -0.25) is 0 Å². The first-order chi connectivity index (χ1) is 9.29. The van der Waals surface area contributed by atoms with Gasteiger partial charge in [0.15, 0.2) is 5.16 Å². The Morgan fingerprint density at radius 1 is 1.11 bits per heavy atom. The lowest BCUT2D eigenvalue weighted by Gasteiger charge is -2.15. The molecule has 0 aliphatic carbocycles. The van der Waals surface area contributed by atoms with Gasteiger partial charge in [-0.05, 0) is 19.3 Å². The molecule has 6 heteroatoms. The molecule has 1 aromatic rings. The first-order valence-electron chi connectivity index (χ1n) is 7.19. The highest BCUT2D eigenvalue weighted by Gasteiger charge is 2.16. The second kappa shape index (κ2) is 7.53. The van der Waals surface area contributed by atoms with E-state index in [9.17, 15) is 0 Å². The molecule has 0 saturated carbocycles. The molecule has 0 aromatic carbocycles. The number of nitrogens with zero attached hydrogens (tertiary/aromatic N) is 4. The third kappa shape index (κ3) is 4.53. The van der Waals surface area contributed by atoms with E-state index < -0.39 is 0 Å². The van der Waals surface area contributed by atoms with E-state index in [-0.39, 0.29) is 0 Å². The predicted octanol–water partition coefficient (Wildman–Crippen LogP) is 2.73. The largest absolute Gasteiger partial charge is 0.368 e. The highest BCUT2D eigenvalue weighted by molar-refractivity contribution is 7.99. The molecule has 1 fully saturated rings. The van der Waals surface area contributed by atoms with Gasteiger partial charge >= 0.3 is 0 Å². The van der Waals surface area contributed by atoms with Crippen LogP contribution in [0, 0.1) is 0 Å². The van der Waals surface area contributed by atoms with Gasteiger partial charge < -0.3 is 10.6 Å². The van der Waals surface area contributed by atoms with Crippen molar-refractivity contribution in [2.45, 2.75) is 50.6 Å². The SMILES string of the molecule is CCCCCCSc1nc(N)nc(N2CCCC2)n1. The van der Waals surface area contributed by atoms with E-state index in [1.54, 1.807) is 11.8 Å². The maximum Gasteiger partial charge on any atom is 0.231 e. The van der Waals surface area contributed by atoms with Crippen LogP contribution in [0.3, 0.4) is 0 Å². The monoisotopic (exact) mass is 281 g/mol. The number of rotatable bonds is 7. The van der Waals surface area contributed by atoms with Crippen LogP contribution in [0.15, 0.2) is 5.16 Å². The average molecular weight is 281 g/mol. The van der Waals surface area contributed by atoms with Gasteiger partial charge in [0.25, 0.3) is 0 Å². The minimum absolute atomic E-state index is 0.341. The van der Waals surface area contributed by atoms with Crippen molar-refractivity contribution in [2.24, 2.45) is 0 Å². The van der Waals surface area contributed by atoms with Gasteiger partial charge in [0.2, 0.25) is 11.9 Å². The van der Waals surface area contributed by atoms with Crippen molar-refractivity contribution in [1.82, 2.24) is 15.0 Å². The number of hydrogen-bond donors (Lipinski definition) is 1. The van der Waals surface area contributed by atoms with Crippen molar-refractivity contribution in [3.05, 3.63) is 0 Å². The second-order valence-electron chi connectivity index (χ2n) is 4.88. The number of anilines is 2. The second-order valence-corrected chi connectivity index (χ2v) is 5.94. The maximum absolute atomic E-state index is 5.78. The third-order valence-electron chi connectivity index (χ3n) is 3.24. The molecule has 19 heavy (non-hydrogen) atoms. The molecule has 0 radical (unpaired) electrons. The quantitative estimate of drug-likeness (QED) is 0.612. The topological polar surface area (TPSA) is 67.9 Å². The van der Waals surface area contributed by atoms with Crippen molar-refractivity contribution >= 4 is 23.7 Å². The van der Waals surface area contributed by atoms with E-state index in [2.05, 4.69) is 26.8 Å². The number of aromatic nitrogens is 3. The number of thioether (sulfide) groups is 1. The normalized spacial score (nSPS) is 15.1. The minimum Gasteiger partial charge on any atom is -0.368 e. The Morgan fingerprint density at radius 2 is 1.89 bits per heavy atom. The molecule has 2 rings (SSSR count). The van der Waals surface area contributed by atoms with Crippen LogP contribution >= 0.6 is 11.8 Å². The van der Waals surface area contributed by atoms with Crippen LogP contribution < -0.4 is 10.6 Å². The lowest BCUT2D eigenvalue weighted by Crippen LogP contribution is -2.21. The molecular formula is C13H23N5S. The number of nitrogens with two attached hydrogens (primary N) is 1. The fraction of sp³-hybridized carbons (Fsp3) is 0.769. The van der Waals surface area contributed by atoms with Gasteiger partial charge in [-0.2, -0.15) is 15.0 Å². The van der Waals surface area contributed by atoms with Crippen molar-refractivity contribution in [3.8, 4) is 0 Å². The molecule has 0 atom stereocenters. The van der Waals surface area contributed by atoms with Crippen LogP contribution in [0.2, 0.25) is 0 Å². The van der Waals surface area contributed by atoms with Gasteiger partial charge in [-0.15, -0.1) is 0 Å². The van der Waals surface area contributed by atoms with E-state index in [1.807, 2.05) is 0 Å². The molecule has 2 heterocycles. The van der Waals surface area contributed by atoms with Crippen molar-refractivity contribution < 1.29 is 0 Å². The van der Waals surface area contributed by atoms with Gasteiger partial charge in [0.1, 0.15) is 0 Å². The zero-order valence-corrected chi connectivity index (χ0v) is 12.5. The summed E-state index contributed by atoms with van der Waals surface area (Å²) in [6.07, 6.45) is 7.49. The van der Waals surface area contributed by atoms with Crippen LogP contribution in [-0.4, -0.2) is 33.8 Å². The fourth-order valence-corrected chi connectivity index (χ4v) is 3.01. The van der Waals surface area contributed by atoms with E-state index in [0.29, 0.717) is 5.95 Å². The maximum atomic E-state index is 5.78. The number of unbranched alkanes of at least 4 members (excludes halogenated alkanes) is 3. The van der Waals surface area contributed by atoms with Crippen molar-refractivity contribution in [3.63, 3.8) is 0 Å². The first kappa shape index (κ1) is 14.4. The highest BCUT2D eigenvalue weighted by atomic mass is 32.2. The lowest BCUT2D eigenvalue weighted by molar-refractivity contribution is 0.705. The van der Waals surface area contributed by atoms with Crippen LogP contribution in [0.1, 0.15) is 45.4 Å². The average Bonchev–Trinajstić information content (AvgIpc) is 2.92. The Bertz CT molecular complexity index is 393. The molecular weight excluding hydrogens is 258 g/mol. The minimum atomic E-state index is 0.341. The Balaban J connectivity index is 1.89. The molecule has 1 aromatic heterocycles. The Labute approximate surface area is 119 Å². The van der Waals surface area contributed by atoms with Crippen LogP contribution in [-0.2, 0) is 0 Å². The molecule has 1 aliphatic rings. The van der Waals surface area contributed by atoms with E-state index in [0.717, 1.165) is 29.9 Å². The highest BCUT2D eigenvalue weighted by Crippen LogP contribution is 2.21. The number of nitrogen functional groups attached to an aromatic ring is 1. The van der Waals surface area contributed by atoms with Crippen LogP contribution in [0.5, 0.6) is 0 Å². The van der Waals surface area contributed by atoms with E-state index in [4.69, 9.17) is 5.73 Å². The Kier molecular flexibility index (Phi) is 5.69. The first-order valence-corrected chi connectivity index (χ1v) is 8.17. The molecule has 0 spiro atoms. The van der Waals surface area contributed by atoms with Gasteiger partial charge in [-0.25, -0.2) is 0 Å². The van der Waals surface area contributed by atoms with Gasteiger partial charge in [0, 0.05) is 18.8 Å². The smallest absolute Gasteiger partial charge is 0.231 e. The molecule has 0 bridgehead atoms. The van der Waals surface area contributed by atoms with Crippen LogP contribution in [0.25, 0.3) is 0 Å². The predicted molar refractivity (Wildman–Crippen MR) is 80.6 cm³/mol. The van der Waals surface area contributed by atoms with E-state index in [1.165, 1.54) is 38.5 Å². The molecule has 0 amide bonds. The molecule has 5 nitrogen and oxygen atoms in total. The van der Waals surface area contributed by atoms with Gasteiger partial charge in [-0.1, -0.05) is 37.9 Å². The van der Waals surface area contributed by atoms with E-state index >= 15 is 0 Å². The summed E-state index contributed by atoms with van der Waals surface area (Å²) < 4.78 is 0. The summed E-state index contributed by atoms with van der Waals surface area (Å²) in [7, 11) is 0. The number of hydrogen-bond acceptors (Lipinski definition) is 6. The summed E-state index contributed by atoms with van der Waals surface area (Å²) in [6, 6.07) is 0. The third-order valence-corrected chi connectivity index (χ3v) is 4.17. The summed E-state index contributed by atoms with van der Waals surface area (Å²) in [5, 5.41) is 0.769. The Morgan fingerprint density at radius 3 is 2.63 bits per heavy atom. The van der Waals surface area contributed by atoms with Gasteiger partial charge in [0.05, 0.1) is 0 Å². The summed E-state index contributed by atoms with van der Waals surface area (Å²) >= 11 is 1.69. The fourth-order valence-electron chi connectivity index (χ4n) is 2.18. The summed E-state index contributed by atoms with van der Waals surface area (Å²) in [5.41, 5.74) is 5.78.